The van der Waals surface area contributed by atoms with Crippen molar-refractivity contribution in [2.45, 2.75) is 168 Å². The molecule has 2 nitrogen and oxygen atoms in total. The molecule has 0 aliphatic rings. The van der Waals surface area contributed by atoms with Crippen molar-refractivity contribution in [2.75, 3.05) is 13.1 Å². The molecule has 0 aliphatic heterocycles. The molecule has 0 heterocycles. The number of carbonyl (C=O) groups is 1. The Morgan fingerprint density at radius 1 is 0.571 bits per heavy atom. The van der Waals surface area contributed by atoms with E-state index < -0.39 is 0 Å². The maximum Gasteiger partial charge on any atom is 0.222 e. The monoisotopic (exact) mass is 489 g/mol. The predicted octanol–water partition coefficient (Wildman–Crippen LogP) is 11.0. The van der Waals surface area contributed by atoms with Crippen molar-refractivity contribution in [3.8, 4) is 0 Å². The minimum Gasteiger partial charge on any atom is -0.339 e. The van der Waals surface area contributed by atoms with E-state index in [1.165, 1.54) is 135 Å². The molecular formula is C33H63NO. The lowest BCUT2D eigenvalue weighted by molar-refractivity contribution is -0.130. The summed E-state index contributed by atoms with van der Waals surface area (Å²) in [6.07, 6.45) is 37.6. The lowest BCUT2D eigenvalue weighted by Gasteiger charge is -2.21. The lowest BCUT2D eigenvalue weighted by Crippen LogP contribution is -2.31. The molecule has 0 aliphatic carbocycles. The number of hydrogen-bond donors (Lipinski definition) is 0. The van der Waals surface area contributed by atoms with Crippen LogP contribution >= 0.6 is 0 Å². The molecule has 0 aromatic heterocycles. The molecule has 0 aromatic carbocycles. The lowest BCUT2D eigenvalue weighted by atomic mass is 10.1. The molecule has 0 spiro atoms. The van der Waals surface area contributed by atoms with Crippen molar-refractivity contribution in [3.63, 3.8) is 0 Å². The third-order valence-electron chi connectivity index (χ3n) is 7.14. The van der Waals surface area contributed by atoms with Crippen molar-refractivity contribution >= 4 is 5.91 Å². The zero-order valence-corrected chi connectivity index (χ0v) is 24.2. The van der Waals surface area contributed by atoms with E-state index in [1.54, 1.807) is 0 Å². The van der Waals surface area contributed by atoms with Crippen molar-refractivity contribution in [3.05, 3.63) is 24.8 Å². The van der Waals surface area contributed by atoms with E-state index in [0.29, 0.717) is 18.9 Å². The molecule has 0 aromatic rings. The van der Waals surface area contributed by atoms with Gasteiger partial charge in [0.1, 0.15) is 0 Å². The summed E-state index contributed by atoms with van der Waals surface area (Å²) in [5.74, 6) is 0.332. The molecule has 0 unspecified atom stereocenters. The molecular weight excluding hydrogens is 426 g/mol. The molecule has 0 saturated heterocycles. The van der Waals surface area contributed by atoms with Crippen LogP contribution in [0.1, 0.15) is 168 Å². The topological polar surface area (TPSA) is 20.3 Å². The highest BCUT2D eigenvalue weighted by Gasteiger charge is 2.11. The van der Waals surface area contributed by atoms with Gasteiger partial charge in [0.25, 0.3) is 0 Å². The zero-order chi connectivity index (χ0) is 25.7. The third kappa shape index (κ3) is 25.8. The van der Waals surface area contributed by atoms with Crippen LogP contribution in [0.5, 0.6) is 0 Å². The first-order chi connectivity index (χ1) is 17.3. The number of rotatable bonds is 28. The maximum absolute atomic E-state index is 12.6. The Morgan fingerprint density at radius 2 is 0.971 bits per heavy atom. The highest BCUT2D eigenvalue weighted by molar-refractivity contribution is 5.76. The second-order valence-electron chi connectivity index (χ2n) is 10.6. The predicted molar refractivity (Wildman–Crippen MR) is 158 cm³/mol. The van der Waals surface area contributed by atoms with E-state index in [4.69, 9.17) is 0 Å². The van der Waals surface area contributed by atoms with Crippen LogP contribution in [0.25, 0.3) is 0 Å². The van der Waals surface area contributed by atoms with Crippen LogP contribution in [0.3, 0.4) is 0 Å². The Bertz CT molecular complexity index is 470. The molecule has 0 N–H and O–H groups in total. The fourth-order valence-corrected chi connectivity index (χ4v) is 4.77. The van der Waals surface area contributed by atoms with Crippen molar-refractivity contribution in [1.82, 2.24) is 4.90 Å². The first-order valence-electron chi connectivity index (χ1n) is 15.8. The van der Waals surface area contributed by atoms with E-state index >= 15 is 0 Å². The van der Waals surface area contributed by atoms with Gasteiger partial charge in [-0.3, -0.25) is 4.79 Å². The highest BCUT2D eigenvalue weighted by atomic mass is 16.2. The summed E-state index contributed by atoms with van der Waals surface area (Å²) in [4.78, 5) is 14.7. The Hall–Kier alpha value is -1.05. The van der Waals surface area contributed by atoms with E-state index in [-0.39, 0.29) is 0 Å². The molecule has 0 radical (unpaired) electrons. The number of amides is 1. The van der Waals surface area contributed by atoms with Crippen molar-refractivity contribution in [2.24, 2.45) is 0 Å². The summed E-state index contributed by atoms with van der Waals surface area (Å²) in [6.45, 7) is 10.0. The number of nitrogens with zero attached hydrogens (tertiary/aromatic N) is 1. The largest absolute Gasteiger partial charge is 0.339 e. The average molecular weight is 490 g/mol. The van der Waals surface area contributed by atoms with E-state index in [9.17, 15) is 4.79 Å². The molecule has 0 bridgehead atoms. The van der Waals surface area contributed by atoms with Gasteiger partial charge in [0.15, 0.2) is 0 Å². The number of carbonyl (C=O) groups excluding carboxylic acids is 1. The summed E-state index contributed by atoms with van der Waals surface area (Å²) in [5, 5.41) is 0. The molecule has 0 rings (SSSR count). The van der Waals surface area contributed by atoms with Crippen LogP contribution in [0, 0.1) is 0 Å². The van der Waals surface area contributed by atoms with Gasteiger partial charge in [0, 0.05) is 19.5 Å². The van der Waals surface area contributed by atoms with E-state index in [1.807, 2.05) is 11.0 Å². The molecule has 0 fully saturated rings. The molecule has 1 amide bonds. The fourth-order valence-electron chi connectivity index (χ4n) is 4.77. The fraction of sp³-hybridized carbons (Fsp3) is 0.848. The number of allylic oxidation sites excluding steroid dienone is 2. The van der Waals surface area contributed by atoms with Crippen LogP contribution in [0.4, 0.5) is 0 Å². The Labute approximate surface area is 221 Å². The van der Waals surface area contributed by atoms with E-state index in [2.05, 4.69) is 32.6 Å². The molecule has 0 saturated carbocycles. The van der Waals surface area contributed by atoms with Gasteiger partial charge in [-0.2, -0.15) is 0 Å². The zero-order valence-electron chi connectivity index (χ0n) is 24.2. The van der Waals surface area contributed by atoms with Crippen LogP contribution in [0.2, 0.25) is 0 Å². The first kappa shape index (κ1) is 34.0. The highest BCUT2D eigenvalue weighted by Crippen LogP contribution is 2.13. The van der Waals surface area contributed by atoms with Gasteiger partial charge < -0.3 is 4.90 Å². The molecule has 206 valence electrons. The Morgan fingerprint density at radius 3 is 1.43 bits per heavy atom. The quantitative estimate of drug-likeness (QED) is 0.0790. The number of hydrogen-bond acceptors (Lipinski definition) is 1. The summed E-state index contributed by atoms with van der Waals surface area (Å²) in [5.41, 5.74) is 0. The Balaban J connectivity index is 3.59. The normalized spacial score (nSPS) is 11.4. The Kier molecular flexibility index (Phi) is 28.3. The van der Waals surface area contributed by atoms with Gasteiger partial charge in [-0.05, 0) is 38.5 Å². The SMILES string of the molecule is C=CCN(CCCCCCCCCCCC)C(=O)CCCCCCC/C=C\CCCCCCCC. The number of unbranched alkanes of at least 4 members (excludes halogenated alkanes) is 20. The average Bonchev–Trinajstić information content (AvgIpc) is 2.86. The van der Waals surface area contributed by atoms with Crippen LogP contribution in [-0.2, 0) is 4.79 Å². The van der Waals surface area contributed by atoms with Gasteiger partial charge in [-0.1, -0.05) is 141 Å². The van der Waals surface area contributed by atoms with Gasteiger partial charge in [-0.25, -0.2) is 0 Å². The minimum atomic E-state index is 0.332. The van der Waals surface area contributed by atoms with E-state index in [0.717, 1.165) is 19.4 Å². The molecule has 35 heavy (non-hydrogen) atoms. The van der Waals surface area contributed by atoms with Gasteiger partial charge >= 0.3 is 0 Å². The third-order valence-corrected chi connectivity index (χ3v) is 7.14. The van der Waals surface area contributed by atoms with Crippen LogP contribution < -0.4 is 0 Å². The second kappa shape index (κ2) is 29.2. The minimum absolute atomic E-state index is 0.332. The standard InChI is InChI=1S/C33H63NO/c1-4-7-9-11-13-15-17-18-19-20-21-22-24-26-28-30-33(35)34(31-6-3)32-29-27-25-23-16-14-12-10-8-5-2/h6,18-19H,3-5,7-17,20-32H2,1-2H3/b19-18-. The summed E-state index contributed by atoms with van der Waals surface area (Å²) in [7, 11) is 0. The summed E-state index contributed by atoms with van der Waals surface area (Å²) < 4.78 is 0. The van der Waals surface area contributed by atoms with Crippen LogP contribution in [0.15, 0.2) is 24.8 Å². The van der Waals surface area contributed by atoms with Crippen molar-refractivity contribution < 1.29 is 4.79 Å². The second-order valence-corrected chi connectivity index (χ2v) is 10.6. The summed E-state index contributed by atoms with van der Waals surface area (Å²) in [6, 6.07) is 0. The van der Waals surface area contributed by atoms with Crippen LogP contribution in [-0.4, -0.2) is 23.9 Å². The summed E-state index contributed by atoms with van der Waals surface area (Å²) >= 11 is 0. The van der Waals surface area contributed by atoms with Gasteiger partial charge in [-0.15, -0.1) is 6.58 Å². The first-order valence-corrected chi connectivity index (χ1v) is 15.8. The molecule has 2 heteroatoms. The maximum atomic E-state index is 12.6. The van der Waals surface area contributed by atoms with Gasteiger partial charge in [0.2, 0.25) is 5.91 Å². The van der Waals surface area contributed by atoms with Crippen molar-refractivity contribution in [1.29, 1.82) is 0 Å². The smallest absolute Gasteiger partial charge is 0.222 e. The van der Waals surface area contributed by atoms with Gasteiger partial charge in [0.05, 0.1) is 0 Å². The molecule has 0 atom stereocenters.